The van der Waals surface area contributed by atoms with Gasteiger partial charge in [0.05, 0.1) is 38.4 Å². The number of carbonyl (C=O) groups is 1. The second-order valence-corrected chi connectivity index (χ2v) is 6.75. The van der Waals surface area contributed by atoms with Crippen molar-refractivity contribution in [2.45, 2.75) is 19.9 Å². The first-order valence-corrected chi connectivity index (χ1v) is 8.54. The number of carbonyl (C=O) groups excluding carboxylic acids is 1. The van der Waals surface area contributed by atoms with E-state index in [2.05, 4.69) is 22.2 Å². The smallest absolute Gasteiger partial charge is 0.258 e. The summed E-state index contributed by atoms with van der Waals surface area (Å²) >= 11 is 12.3. The predicted octanol–water partition coefficient (Wildman–Crippen LogP) is 5.68. The largest absolute Gasteiger partial charge is 0.320 e. The molecule has 3 aromatic rings. The number of aromatic nitrogens is 2. The number of imidazole rings is 1. The number of rotatable bonds is 2. The summed E-state index contributed by atoms with van der Waals surface area (Å²) in [5.41, 5.74) is 3.50. The van der Waals surface area contributed by atoms with E-state index in [4.69, 9.17) is 23.2 Å². The number of aliphatic imine (C=N–C) groups is 1. The number of nitrogens with zero attached hydrogens (tertiary/aromatic N) is 3. The minimum Gasteiger partial charge on any atom is -0.320 e. The topological polar surface area (TPSA) is 59.3 Å². The molecule has 0 aliphatic carbocycles. The van der Waals surface area contributed by atoms with Crippen molar-refractivity contribution in [3.63, 3.8) is 0 Å². The van der Waals surface area contributed by atoms with E-state index in [0.717, 1.165) is 16.7 Å². The Kier molecular flexibility index (Phi) is 4.97. The normalized spacial score (nSPS) is 15.4. The number of hydrogen-bond donors (Lipinski definition) is 1. The number of amides is 1. The molecule has 1 aromatic heterocycles. The predicted molar refractivity (Wildman–Crippen MR) is 109 cm³/mol. The van der Waals surface area contributed by atoms with Gasteiger partial charge in [-0.3, -0.25) is 9.36 Å². The third-order valence-corrected chi connectivity index (χ3v) is 5.03. The summed E-state index contributed by atoms with van der Waals surface area (Å²) in [4.78, 5) is 21.8. The number of fused-ring (bicyclic) bond motifs is 3. The molecule has 0 bridgehead atoms. The zero-order valence-corrected chi connectivity index (χ0v) is 16.3. The summed E-state index contributed by atoms with van der Waals surface area (Å²) < 4.78 is 2.02. The van der Waals surface area contributed by atoms with Crippen molar-refractivity contribution in [2.75, 3.05) is 5.32 Å². The number of hydrogen-bond acceptors (Lipinski definition) is 3. The minimum atomic E-state index is -0.359. The van der Waals surface area contributed by atoms with Crippen LogP contribution in [0.5, 0.6) is 0 Å². The first-order valence-electron chi connectivity index (χ1n) is 7.79. The Morgan fingerprint density at radius 3 is 2.50 bits per heavy atom. The van der Waals surface area contributed by atoms with Gasteiger partial charge in [-0.05, 0) is 38.1 Å². The molecule has 1 aliphatic heterocycles. The molecule has 1 unspecified atom stereocenters. The van der Waals surface area contributed by atoms with E-state index in [1.165, 1.54) is 0 Å². The van der Waals surface area contributed by atoms with Crippen LogP contribution in [0, 0.1) is 0 Å². The number of para-hydroxylation sites is 1. The fraction of sp³-hybridized carbons (Fsp3) is 0.167. The van der Waals surface area contributed by atoms with Gasteiger partial charge in [-0.2, -0.15) is 0 Å². The average Bonchev–Trinajstić information content (AvgIpc) is 3.04. The molecule has 0 saturated carbocycles. The zero-order valence-electron chi connectivity index (χ0n) is 14.0. The molecular formula is C18H15Cl3N4O. The standard InChI is InChI=1S/C18H14Cl2N4O.ClH/c1-9-10(2)24-16-13(7-4-8-14(16)23-18(24)21-9)22-17(25)15-11(19)5-3-6-12(15)20;/h3-8,10H,1-2H3,(H,22,25);1H. The van der Waals surface area contributed by atoms with Gasteiger partial charge in [0.15, 0.2) is 0 Å². The lowest BCUT2D eigenvalue weighted by molar-refractivity contribution is 0.102. The molecule has 134 valence electrons. The maximum atomic E-state index is 12.7. The van der Waals surface area contributed by atoms with E-state index in [0.29, 0.717) is 21.7 Å². The van der Waals surface area contributed by atoms with E-state index in [-0.39, 0.29) is 29.9 Å². The van der Waals surface area contributed by atoms with Gasteiger partial charge >= 0.3 is 0 Å². The molecule has 1 N–H and O–H groups in total. The van der Waals surface area contributed by atoms with Crippen molar-refractivity contribution in [1.29, 1.82) is 0 Å². The first-order chi connectivity index (χ1) is 12.0. The lowest BCUT2D eigenvalue weighted by Gasteiger charge is -2.13. The lowest BCUT2D eigenvalue weighted by atomic mass is 10.2. The molecule has 26 heavy (non-hydrogen) atoms. The summed E-state index contributed by atoms with van der Waals surface area (Å²) in [7, 11) is 0. The maximum Gasteiger partial charge on any atom is 0.258 e. The third kappa shape index (κ3) is 2.86. The van der Waals surface area contributed by atoms with Crippen LogP contribution in [-0.2, 0) is 0 Å². The molecule has 1 aliphatic rings. The molecule has 1 atom stereocenters. The van der Waals surface area contributed by atoms with Gasteiger partial charge in [0, 0.05) is 5.71 Å². The van der Waals surface area contributed by atoms with Crippen molar-refractivity contribution < 1.29 is 4.79 Å². The number of anilines is 1. The Morgan fingerprint density at radius 2 is 1.81 bits per heavy atom. The fourth-order valence-corrected chi connectivity index (χ4v) is 3.59. The Balaban J connectivity index is 0.00000196. The van der Waals surface area contributed by atoms with Crippen LogP contribution >= 0.6 is 35.6 Å². The summed E-state index contributed by atoms with van der Waals surface area (Å²) in [6, 6.07) is 10.6. The van der Waals surface area contributed by atoms with Crippen LogP contribution in [-0.4, -0.2) is 21.2 Å². The summed E-state index contributed by atoms with van der Waals surface area (Å²) in [5, 5.41) is 3.53. The number of benzene rings is 2. The molecule has 8 heteroatoms. The molecule has 0 fully saturated rings. The highest BCUT2D eigenvalue weighted by Crippen LogP contribution is 2.36. The highest BCUT2D eigenvalue weighted by atomic mass is 35.5. The van der Waals surface area contributed by atoms with Gasteiger partial charge in [-0.15, -0.1) is 12.4 Å². The SMILES string of the molecule is CC1=Nc2nc3cccc(NC(=O)c4c(Cl)cccc4Cl)c3n2C1C.Cl. The van der Waals surface area contributed by atoms with E-state index < -0.39 is 0 Å². The highest BCUT2D eigenvalue weighted by molar-refractivity contribution is 6.40. The Morgan fingerprint density at radius 1 is 1.15 bits per heavy atom. The van der Waals surface area contributed by atoms with Crippen LogP contribution in [0.2, 0.25) is 10.0 Å². The van der Waals surface area contributed by atoms with Crippen LogP contribution in [0.4, 0.5) is 11.6 Å². The summed E-state index contributed by atoms with van der Waals surface area (Å²) in [5.74, 6) is 0.291. The van der Waals surface area contributed by atoms with Gasteiger partial charge in [0.25, 0.3) is 5.91 Å². The maximum absolute atomic E-state index is 12.7. The van der Waals surface area contributed by atoms with Crippen molar-refractivity contribution in [3.05, 3.63) is 52.0 Å². The number of nitrogens with one attached hydrogen (secondary N) is 1. The quantitative estimate of drug-likeness (QED) is 0.591. The van der Waals surface area contributed by atoms with Crippen LogP contribution in [0.3, 0.4) is 0 Å². The Bertz CT molecular complexity index is 1040. The average molecular weight is 410 g/mol. The second kappa shape index (κ2) is 6.91. The van der Waals surface area contributed by atoms with E-state index >= 15 is 0 Å². The second-order valence-electron chi connectivity index (χ2n) is 5.94. The van der Waals surface area contributed by atoms with Crippen molar-refractivity contribution in [3.8, 4) is 0 Å². The van der Waals surface area contributed by atoms with Gasteiger partial charge < -0.3 is 5.32 Å². The van der Waals surface area contributed by atoms with E-state index in [1.807, 2.05) is 29.7 Å². The Hall–Kier alpha value is -2.08. The van der Waals surface area contributed by atoms with E-state index in [9.17, 15) is 4.79 Å². The monoisotopic (exact) mass is 408 g/mol. The molecule has 2 aromatic carbocycles. The van der Waals surface area contributed by atoms with Gasteiger partial charge in [0.2, 0.25) is 5.95 Å². The highest BCUT2D eigenvalue weighted by Gasteiger charge is 2.26. The third-order valence-electron chi connectivity index (χ3n) is 4.40. The molecule has 0 saturated heterocycles. The molecule has 0 spiro atoms. The van der Waals surface area contributed by atoms with Crippen LogP contribution in [0.15, 0.2) is 41.4 Å². The molecular weight excluding hydrogens is 395 g/mol. The molecule has 5 nitrogen and oxygen atoms in total. The molecule has 1 amide bonds. The van der Waals surface area contributed by atoms with Crippen molar-refractivity contribution in [1.82, 2.24) is 9.55 Å². The molecule has 0 radical (unpaired) electrons. The summed E-state index contributed by atoms with van der Waals surface area (Å²) in [6.45, 7) is 4.02. The van der Waals surface area contributed by atoms with Gasteiger partial charge in [0.1, 0.15) is 0 Å². The van der Waals surface area contributed by atoms with Crippen molar-refractivity contribution >= 4 is 69.9 Å². The van der Waals surface area contributed by atoms with Crippen LogP contribution < -0.4 is 5.32 Å². The lowest BCUT2D eigenvalue weighted by Crippen LogP contribution is -2.15. The zero-order chi connectivity index (χ0) is 17.7. The van der Waals surface area contributed by atoms with Crippen molar-refractivity contribution in [2.24, 2.45) is 4.99 Å². The van der Waals surface area contributed by atoms with Crippen LogP contribution in [0.25, 0.3) is 11.0 Å². The molecule has 4 rings (SSSR count). The first kappa shape index (κ1) is 18.7. The van der Waals surface area contributed by atoms with E-state index in [1.54, 1.807) is 18.2 Å². The van der Waals surface area contributed by atoms with Gasteiger partial charge in [-0.1, -0.05) is 35.3 Å². The molecule has 2 heterocycles. The number of halogens is 3. The minimum absolute atomic E-state index is 0. The Labute approximate surface area is 166 Å². The summed E-state index contributed by atoms with van der Waals surface area (Å²) in [6.07, 6.45) is 0. The fourth-order valence-electron chi connectivity index (χ4n) is 3.02. The van der Waals surface area contributed by atoms with Gasteiger partial charge in [-0.25, -0.2) is 9.98 Å². The van der Waals surface area contributed by atoms with Crippen LogP contribution in [0.1, 0.15) is 30.2 Å².